The fraction of sp³-hybridized carbons (Fsp3) is 0.444. The lowest BCUT2D eigenvalue weighted by molar-refractivity contribution is -0.00833. The summed E-state index contributed by atoms with van der Waals surface area (Å²) in [5.74, 6) is -0.338. The number of fused-ring (bicyclic) bond motifs is 1. The lowest BCUT2D eigenvalue weighted by Gasteiger charge is -2.35. The molecule has 1 aliphatic rings. The molecule has 0 radical (unpaired) electrons. The van der Waals surface area contributed by atoms with Crippen molar-refractivity contribution in [3.63, 3.8) is 0 Å². The largest absolute Gasteiger partial charge is 0.490 e. The molecule has 3 aromatic rings. The van der Waals surface area contributed by atoms with Gasteiger partial charge in [0.25, 0.3) is 5.91 Å². The number of likely N-dealkylation sites (N-methyl/N-ethyl adjacent to an activating group) is 1. The van der Waals surface area contributed by atoms with Crippen molar-refractivity contribution in [1.29, 1.82) is 0 Å². The second-order valence-corrected chi connectivity index (χ2v) is 14.6. The van der Waals surface area contributed by atoms with Gasteiger partial charge in [0, 0.05) is 44.0 Å². The third-order valence-corrected chi connectivity index (χ3v) is 10.3. The maximum Gasteiger partial charge on any atom is 0.323 e. The number of nitrogens with zero attached hydrogens (tertiary/aromatic N) is 2. The molecule has 3 N–H and O–H groups in total. The van der Waals surface area contributed by atoms with Gasteiger partial charge in [-0.3, -0.25) is 4.79 Å². The third-order valence-electron chi connectivity index (χ3n) is 8.51. The van der Waals surface area contributed by atoms with Crippen molar-refractivity contribution in [1.82, 2.24) is 9.21 Å². The van der Waals surface area contributed by atoms with Crippen molar-refractivity contribution >= 4 is 33.3 Å². The Kier molecular flexibility index (Phi) is 13.0. The van der Waals surface area contributed by atoms with E-state index in [1.54, 1.807) is 66.4 Å². The number of hydrogen-bond acceptors (Lipinski definition) is 7. The van der Waals surface area contributed by atoms with Crippen LogP contribution in [-0.2, 0) is 14.8 Å². The molecule has 0 aromatic heterocycles. The van der Waals surface area contributed by atoms with Crippen LogP contribution >= 0.6 is 0 Å². The van der Waals surface area contributed by atoms with Crippen molar-refractivity contribution in [2.24, 2.45) is 5.92 Å². The fourth-order valence-electron chi connectivity index (χ4n) is 5.52. The van der Waals surface area contributed by atoms with Crippen LogP contribution in [0.3, 0.4) is 0 Å². The summed E-state index contributed by atoms with van der Waals surface area (Å²) in [4.78, 5) is 28.9. The molecule has 0 bridgehead atoms. The van der Waals surface area contributed by atoms with E-state index in [1.807, 2.05) is 39.0 Å². The van der Waals surface area contributed by atoms with Crippen molar-refractivity contribution in [3.8, 4) is 5.75 Å². The topological polar surface area (TPSA) is 138 Å². The van der Waals surface area contributed by atoms with Gasteiger partial charge in [-0.2, -0.15) is 4.31 Å². The van der Waals surface area contributed by atoms with Crippen LogP contribution in [0.4, 0.5) is 16.2 Å². The summed E-state index contributed by atoms with van der Waals surface area (Å²) in [7, 11) is -2.25. The molecular weight excluding hydrogens is 632 g/mol. The van der Waals surface area contributed by atoms with Gasteiger partial charge in [0.1, 0.15) is 5.75 Å². The molecular formula is C36H48N4O7S. The van der Waals surface area contributed by atoms with E-state index in [0.717, 1.165) is 18.4 Å². The Hall–Kier alpha value is -3.97. The molecule has 3 aromatic carbocycles. The monoisotopic (exact) mass is 680 g/mol. The number of amides is 3. The highest BCUT2D eigenvalue weighted by atomic mass is 32.2. The Morgan fingerprint density at radius 2 is 1.71 bits per heavy atom. The number of rotatable bonds is 8. The van der Waals surface area contributed by atoms with Crippen LogP contribution in [-0.4, -0.2) is 86.3 Å². The lowest BCUT2D eigenvalue weighted by Crippen LogP contribution is -2.48. The van der Waals surface area contributed by atoms with E-state index in [9.17, 15) is 23.1 Å². The molecule has 0 saturated carbocycles. The van der Waals surface area contributed by atoms with E-state index in [4.69, 9.17) is 9.47 Å². The minimum Gasteiger partial charge on any atom is -0.490 e. The summed E-state index contributed by atoms with van der Waals surface area (Å²) in [5, 5.41) is 15.8. The average molecular weight is 681 g/mol. The number of ether oxygens (including phenoxy) is 2. The number of aryl methyl sites for hydroxylation is 1. The number of sulfonamides is 1. The van der Waals surface area contributed by atoms with Gasteiger partial charge in [0.2, 0.25) is 10.0 Å². The fourth-order valence-corrected chi connectivity index (χ4v) is 6.70. The summed E-state index contributed by atoms with van der Waals surface area (Å²) in [6.07, 6.45) is 1.49. The smallest absolute Gasteiger partial charge is 0.323 e. The van der Waals surface area contributed by atoms with Crippen molar-refractivity contribution < 1.29 is 32.6 Å². The summed E-state index contributed by atoms with van der Waals surface area (Å²) < 4.78 is 40.8. The SMILES string of the molecule is Cc1ccc(S(=O)(=O)N(C)C[C@H]2OCCCC[C@H](C)Oc3ccc(NC(=O)Nc4ccccc4)cc3C(=O)N([C@@H](C)CO)C[C@@H]2C)cc1. The lowest BCUT2D eigenvalue weighted by atomic mass is 10.0. The predicted molar refractivity (Wildman–Crippen MR) is 187 cm³/mol. The van der Waals surface area contributed by atoms with Gasteiger partial charge >= 0.3 is 6.03 Å². The third kappa shape index (κ3) is 9.79. The molecule has 48 heavy (non-hydrogen) atoms. The Morgan fingerprint density at radius 3 is 2.40 bits per heavy atom. The average Bonchev–Trinajstić information content (AvgIpc) is 3.06. The molecule has 0 saturated heterocycles. The molecule has 12 heteroatoms. The van der Waals surface area contributed by atoms with Crippen LogP contribution in [0, 0.1) is 12.8 Å². The Balaban J connectivity index is 1.62. The van der Waals surface area contributed by atoms with Crippen LogP contribution in [0.1, 0.15) is 56.0 Å². The number of urea groups is 1. The molecule has 0 fully saturated rings. The van der Waals surface area contributed by atoms with E-state index in [2.05, 4.69) is 10.6 Å². The predicted octanol–water partition coefficient (Wildman–Crippen LogP) is 5.76. The van der Waals surface area contributed by atoms with Gasteiger partial charge in [0.15, 0.2) is 0 Å². The molecule has 1 aliphatic heterocycles. The van der Waals surface area contributed by atoms with Crippen LogP contribution in [0.2, 0.25) is 0 Å². The maximum absolute atomic E-state index is 14.3. The Morgan fingerprint density at radius 1 is 1.02 bits per heavy atom. The Labute approximate surface area is 284 Å². The first-order valence-corrected chi connectivity index (χ1v) is 17.8. The van der Waals surface area contributed by atoms with Gasteiger partial charge < -0.3 is 30.1 Å². The molecule has 4 atom stereocenters. The number of nitrogens with one attached hydrogen (secondary N) is 2. The molecule has 0 aliphatic carbocycles. The number of anilines is 2. The normalized spacial score (nSPS) is 20.3. The first-order valence-electron chi connectivity index (χ1n) is 16.4. The zero-order valence-electron chi connectivity index (χ0n) is 28.4. The number of aliphatic hydroxyl groups excluding tert-OH is 1. The van der Waals surface area contributed by atoms with E-state index >= 15 is 0 Å². The quantitative estimate of drug-likeness (QED) is 0.275. The summed E-state index contributed by atoms with van der Waals surface area (Å²) in [6, 6.07) is 19.6. The van der Waals surface area contributed by atoms with Crippen LogP contribution in [0.25, 0.3) is 0 Å². The van der Waals surface area contributed by atoms with Crippen LogP contribution in [0.15, 0.2) is 77.7 Å². The van der Waals surface area contributed by atoms with E-state index in [-0.39, 0.29) is 42.2 Å². The standard InChI is InChI=1S/C36H48N4O7S/c1-25-14-17-31(18-15-25)48(44,45)39(5)23-34-26(2)22-40(27(3)24-41)35(42)32-21-30(38-36(43)37-29-12-7-6-8-13-29)16-19-33(32)47-28(4)11-9-10-20-46-34/h6-8,12-19,21,26-28,34,41H,9-11,20,22-24H2,1-5H3,(H2,37,38,43)/t26-,27-,28-,34+/m0/s1. The van der Waals surface area contributed by atoms with Gasteiger partial charge in [0.05, 0.1) is 35.3 Å². The van der Waals surface area contributed by atoms with Crippen molar-refractivity contribution in [3.05, 3.63) is 83.9 Å². The van der Waals surface area contributed by atoms with Crippen molar-refractivity contribution in [2.45, 2.75) is 70.1 Å². The number of carbonyl (C=O) groups excluding carboxylic acids is 2. The van der Waals surface area contributed by atoms with Gasteiger partial charge in [-0.15, -0.1) is 0 Å². The number of hydrogen-bond donors (Lipinski definition) is 3. The molecule has 260 valence electrons. The molecule has 0 spiro atoms. The first-order chi connectivity index (χ1) is 22.9. The van der Waals surface area contributed by atoms with Crippen LogP contribution < -0.4 is 15.4 Å². The van der Waals surface area contributed by atoms with Gasteiger partial charge in [-0.1, -0.05) is 42.8 Å². The van der Waals surface area contributed by atoms with Crippen LogP contribution in [0.5, 0.6) is 5.75 Å². The second-order valence-electron chi connectivity index (χ2n) is 12.6. The summed E-state index contributed by atoms with van der Waals surface area (Å²) in [5.41, 5.74) is 2.21. The molecule has 0 unspecified atom stereocenters. The highest BCUT2D eigenvalue weighted by Gasteiger charge is 2.32. The molecule has 3 amide bonds. The van der Waals surface area contributed by atoms with E-state index < -0.39 is 34.1 Å². The van der Waals surface area contributed by atoms with E-state index in [1.165, 1.54) is 11.4 Å². The molecule has 4 rings (SSSR count). The zero-order valence-corrected chi connectivity index (χ0v) is 29.2. The zero-order chi connectivity index (χ0) is 34.8. The minimum atomic E-state index is -3.79. The summed E-state index contributed by atoms with van der Waals surface area (Å²) >= 11 is 0. The second kappa shape index (κ2) is 16.9. The number of aliphatic hydroxyl groups is 1. The highest BCUT2D eigenvalue weighted by Crippen LogP contribution is 2.29. The van der Waals surface area contributed by atoms with Gasteiger partial charge in [-0.25, -0.2) is 13.2 Å². The van der Waals surface area contributed by atoms with E-state index in [0.29, 0.717) is 30.2 Å². The maximum atomic E-state index is 14.3. The molecule has 1 heterocycles. The first kappa shape index (κ1) is 36.9. The van der Waals surface area contributed by atoms with Crippen molar-refractivity contribution in [2.75, 3.05) is 44.0 Å². The number of carbonyl (C=O) groups is 2. The number of para-hydroxylation sites is 1. The minimum absolute atomic E-state index is 0.0770. The number of benzene rings is 3. The summed E-state index contributed by atoms with van der Waals surface area (Å²) in [6.45, 7) is 7.87. The highest BCUT2D eigenvalue weighted by molar-refractivity contribution is 7.89. The van der Waals surface area contributed by atoms with Gasteiger partial charge in [-0.05, 0) is 82.5 Å². The molecule has 11 nitrogen and oxygen atoms in total. The Bertz CT molecular complexity index is 1620.